The van der Waals surface area contributed by atoms with Gasteiger partial charge in [-0.1, -0.05) is 165 Å². The van der Waals surface area contributed by atoms with E-state index in [4.69, 9.17) is 0 Å². The SMILES string of the molecule is CCCCC/C=C\C/C=C\C/C=C\C/C=C\CCCC(=O)C(=O)CCCCCCCCCCCCCCCCC. The fourth-order valence-corrected chi connectivity index (χ4v) is 4.88. The molecule has 0 bridgehead atoms. The van der Waals surface area contributed by atoms with Crippen molar-refractivity contribution in [1.29, 1.82) is 0 Å². The summed E-state index contributed by atoms with van der Waals surface area (Å²) in [7, 11) is 0. The number of hydrogen-bond donors (Lipinski definition) is 0. The molecule has 0 atom stereocenters. The van der Waals surface area contributed by atoms with Gasteiger partial charge in [0.15, 0.2) is 11.6 Å². The van der Waals surface area contributed by atoms with E-state index in [0.717, 1.165) is 44.9 Å². The smallest absolute Gasteiger partial charge is 0.198 e. The molecule has 0 aromatic heterocycles. The molecule has 0 amide bonds. The molecule has 0 spiro atoms. The number of rotatable bonds is 31. The minimum absolute atomic E-state index is 0.151. The van der Waals surface area contributed by atoms with E-state index in [-0.39, 0.29) is 11.6 Å². The Bertz CT molecular complexity index is 667. The number of allylic oxidation sites excluding steroid dienone is 8. The summed E-state index contributed by atoms with van der Waals surface area (Å²) in [5, 5.41) is 0. The minimum atomic E-state index is -0.166. The van der Waals surface area contributed by atoms with Crippen LogP contribution in [0.25, 0.3) is 0 Å². The Kier molecular flexibility index (Phi) is 32.1. The van der Waals surface area contributed by atoms with Gasteiger partial charge in [-0.15, -0.1) is 0 Å². The summed E-state index contributed by atoms with van der Waals surface area (Å²) >= 11 is 0. The van der Waals surface area contributed by atoms with Crippen LogP contribution >= 0.6 is 0 Å². The molecule has 0 radical (unpaired) electrons. The second-order valence-corrected chi connectivity index (χ2v) is 11.5. The summed E-state index contributed by atoms with van der Waals surface area (Å²) in [6.45, 7) is 4.52. The van der Waals surface area contributed by atoms with Crippen molar-refractivity contribution < 1.29 is 9.59 Å². The van der Waals surface area contributed by atoms with Gasteiger partial charge in [0.05, 0.1) is 0 Å². The lowest BCUT2D eigenvalue weighted by Gasteiger charge is -2.03. The molecule has 2 heteroatoms. The van der Waals surface area contributed by atoms with E-state index in [1.165, 1.54) is 109 Å². The van der Waals surface area contributed by atoms with E-state index >= 15 is 0 Å². The fourth-order valence-electron chi connectivity index (χ4n) is 4.88. The summed E-state index contributed by atoms with van der Waals surface area (Å²) in [5.74, 6) is -0.317. The Morgan fingerprint density at radius 3 is 1.07 bits per heavy atom. The molecular weight excluding hydrogens is 488 g/mol. The molecule has 40 heavy (non-hydrogen) atoms. The van der Waals surface area contributed by atoms with Crippen LogP contribution in [0.5, 0.6) is 0 Å². The minimum Gasteiger partial charge on any atom is -0.291 e. The van der Waals surface area contributed by atoms with Gasteiger partial charge < -0.3 is 0 Å². The Labute approximate surface area is 250 Å². The third-order valence-corrected chi connectivity index (χ3v) is 7.55. The highest BCUT2D eigenvalue weighted by atomic mass is 16.2. The van der Waals surface area contributed by atoms with Gasteiger partial charge in [-0.05, 0) is 51.4 Å². The van der Waals surface area contributed by atoms with Gasteiger partial charge in [-0.25, -0.2) is 0 Å². The lowest BCUT2D eigenvalue weighted by Crippen LogP contribution is -2.13. The molecule has 0 rings (SSSR count). The third-order valence-electron chi connectivity index (χ3n) is 7.55. The number of Topliss-reactive ketones (excluding diaryl/α,β-unsaturated/α-hetero) is 2. The van der Waals surface area contributed by atoms with Crippen LogP contribution < -0.4 is 0 Å². The van der Waals surface area contributed by atoms with Crippen LogP contribution in [-0.2, 0) is 9.59 Å². The van der Waals surface area contributed by atoms with Crippen LogP contribution in [0, 0.1) is 0 Å². The molecule has 0 unspecified atom stereocenters. The van der Waals surface area contributed by atoms with Gasteiger partial charge in [-0.2, -0.15) is 0 Å². The lowest BCUT2D eigenvalue weighted by atomic mass is 10.0. The maximum atomic E-state index is 12.1. The molecule has 0 fully saturated rings. The number of carbonyl (C=O) groups is 2. The van der Waals surface area contributed by atoms with Crippen molar-refractivity contribution in [3.63, 3.8) is 0 Å². The van der Waals surface area contributed by atoms with Crippen molar-refractivity contribution in [2.45, 2.75) is 181 Å². The topological polar surface area (TPSA) is 34.1 Å². The van der Waals surface area contributed by atoms with Crippen molar-refractivity contribution >= 4 is 11.6 Å². The highest BCUT2D eigenvalue weighted by molar-refractivity contribution is 6.37. The van der Waals surface area contributed by atoms with E-state index in [2.05, 4.69) is 62.5 Å². The van der Waals surface area contributed by atoms with Crippen molar-refractivity contribution in [1.82, 2.24) is 0 Å². The van der Waals surface area contributed by atoms with Gasteiger partial charge in [0.2, 0.25) is 0 Å². The van der Waals surface area contributed by atoms with Crippen molar-refractivity contribution in [3.8, 4) is 0 Å². The first-order valence-electron chi connectivity index (χ1n) is 17.4. The zero-order valence-electron chi connectivity index (χ0n) is 26.8. The van der Waals surface area contributed by atoms with E-state index < -0.39 is 0 Å². The normalized spacial score (nSPS) is 12.2. The predicted molar refractivity (Wildman–Crippen MR) is 178 cm³/mol. The summed E-state index contributed by atoms with van der Waals surface area (Å²) < 4.78 is 0. The van der Waals surface area contributed by atoms with Crippen molar-refractivity contribution in [2.75, 3.05) is 0 Å². The molecule has 0 aliphatic rings. The summed E-state index contributed by atoms with van der Waals surface area (Å²) in [5.41, 5.74) is 0. The van der Waals surface area contributed by atoms with Gasteiger partial charge in [0.1, 0.15) is 0 Å². The molecule has 0 N–H and O–H groups in total. The molecule has 0 aliphatic carbocycles. The van der Waals surface area contributed by atoms with Gasteiger partial charge in [-0.3, -0.25) is 9.59 Å². The quantitative estimate of drug-likeness (QED) is 0.0485. The second-order valence-electron chi connectivity index (χ2n) is 11.5. The standard InChI is InChI=1S/C38H66O2/c1-3-5-7-9-11-13-15-17-19-20-22-24-26-28-30-32-34-36-38(40)37(39)35-33-31-29-27-25-23-21-18-16-14-12-10-8-6-4-2/h11,13,17,19,22,24,28,30H,3-10,12,14-16,18,20-21,23,25-27,29,31-36H2,1-2H3/b13-11-,19-17-,24-22-,30-28-. The zero-order chi connectivity index (χ0) is 29.2. The Morgan fingerprint density at radius 2 is 0.650 bits per heavy atom. The van der Waals surface area contributed by atoms with Gasteiger partial charge in [0.25, 0.3) is 0 Å². The van der Waals surface area contributed by atoms with E-state index in [0.29, 0.717) is 12.8 Å². The van der Waals surface area contributed by atoms with Gasteiger partial charge >= 0.3 is 0 Å². The third kappa shape index (κ3) is 30.8. The van der Waals surface area contributed by atoms with Crippen molar-refractivity contribution in [3.05, 3.63) is 48.6 Å². The molecule has 0 heterocycles. The largest absolute Gasteiger partial charge is 0.291 e. The van der Waals surface area contributed by atoms with E-state index in [9.17, 15) is 9.59 Å². The summed E-state index contributed by atoms with van der Waals surface area (Å²) in [4.78, 5) is 24.2. The molecule has 0 saturated carbocycles. The number of hydrogen-bond acceptors (Lipinski definition) is 2. The first kappa shape index (κ1) is 38.3. The highest BCUT2D eigenvalue weighted by Gasteiger charge is 2.12. The maximum Gasteiger partial charge on any atom is 0.198 e. The molecule has 0 saturated heterocycles. The molecule has 2 nitrogen and oxygen atoms in total. The Morgan fingerprint density at radius 1 is 0.350 bits per heavy atom. The Balaban J connectivity index is 3.48. The maximum absolute atomic E-state index is 12.1. The van der Waals surface area contributed by atoms with Crippen molar-refractivity contribution in [2.24, 2.45) is 0 Å². The van der Waals surface area contributed by atoms with Crippen LogP contribution in [0.1, 0.15) is 181 Å². The fraction of sp³-hybridized carbons (Fsp3) is 0.737. The van der Waals surface area contributed by atoms with Gasteiger partial charge in [0, 0.05) is 12.8 Å². The lowest BCUT2D eigenvalue weighted by molar-refractivity contribution is -0.136. The van der Waals surface area contributed by atoms with Crippen LogP contribution in [0.2, 0.25) is 0 Å². The molecule has 230 valence electrons. The first-order valence-corrected chi connectivity index (χ1v) is 17.4. The van der Waals surface area contributed by atoms with E-state index in [1.807, 2.05) is 0 Å². The van der Waals surface area contributed by atoms with E-state index in [1.54, 1.807) is 0 Å². The first-order chi connectivity index (χ1) is 19.7. The molecule has 0 aliphatic heterocycles. The number of ketones is 2. The zero-order valence-corrected chi connectivity index (χ0v) is 26.8. The number of unbranched alkanes of at least 4 members (excludes halogenated alkanes) is 18. The highest BCUT2D eigenvalue weighted by Crippen LogP contribution is 2.14. The molecular formula is C38H66O2. The second kappa shape index (κ2) is 33.5. The molecule has 0 aromatic carbocycles. The monoisotopic (exact) mass is 555 g/mol. The van der Waals surface area contributed by atoms with Crippen LogP contribution in [-0.4, -0.2) is 11.6 Å². The molecule has 0 aromatic rings. The van der Waals surface area contributed by atoms with Crippen LogP contribution in [0.4, 0.5) is 0 Å². The summed E-state index contributed by atoms with van der Waals surface area (Å²) in [6.07, 6.45) is 48.0. The number of carbonyl (C=O) groups excluding carboxylic acids is 2. The predicted octanol–water partition coefficient (Wildman–Crippen LogP) is 12.5. The van der Waals surface area contributed by atoms with Crippen LogP contribution in [0.3, 0.4) is 0 Å². The average molecular weight is 555 g/mol. The summed E-state index contributed by atoms with van der Waals surface area (Å²) in [6, 6.07) is 0. The van der Waals surface area contributed by atoms with Crippen LogP contribution in [0.15, 0.2) is 48.6 Å². The average Bonchev–Trinajstić information content (AvgIpc) is 2.96. The Hall–Kier alpha value is -1.70.